The van der Waals surface area contributed by atoms with Gasteiger partial charge in [0.2, 0.25) is 0 Å². The number of aliphatic hydroxyl groups is 1. The largest absolute Gasteiger partial charge is 0.492 e. The van der Waals surface area contributed by atoms with Crippen LogP contribution in [0.25, 0.3) is 0 Å². The summed E-state index contributed by atoms with van der Waals surface area (Å²) in [7, 11) is -1.75. The molecular formula is C18H32ClNO3Si. The third kappa shape index (κ3) is 7.11. The molecule has 1 rings (SSSR count). The summed E-state index contributed by atoms with van der Waals surface area (Å²) < 4.78 is 11.9. The molecule has 0 unspecified atom stereocenters. The van der Waals surface area contributed by atoms with Crippen molar-refractivity contribution in [3.8, 4) is 5.75 Å². The summed E-state index contributed by atoms with van der Waals surface area (Å²) in [4.78, 5) is 0. The molecule has 0 bridgehead atoms. The molecule has 0 aliphatic carbocycles. The summed E-state index contributed by atoms with van der Waals surface area (Å²) in [6, 6.07) is 7.25. The second-order valence-electron chi connectivity index (χ2n) is 7.79. The molecule has 6 heteroatoms. The zero-order valence-electron chi connectivity index (χ0n) is 15.7. The number of rotatable bonds is 9. The molecule has 0 aromatic heterocycles. The lowest BCUT2D eigenvalue weighted by Gasteiger charge is -2.37. The maximum absolute atomic E-state index is 9.56. The molecule has 0 radical (unpaired) electrons. The Labute approximate surface area is 152 Å². The van der Waals surface area contributed by atoms with Gasteiger partial charge in [0.1, 0.15) is 12.4 Å². The van der Waals surface area contributed by atoms with Crippen molar-refractivity contribution in [3.63, 3.8) is 0 Å². The van der Waals surface area contributed by atoms with Crippen LogP contribution in [0.15, 0.2) is 24.3 Å². The summed E-state index contributed by atoms with van der Waals surface area (Å²) in [6.07, 6.45) is 0. The van der Waals surface area contributed by atoms with Gasteiger partial charge in [0.25, 0.3) is 0 Å². The maximum Gasteiger partial charge on any atom is 0.192 e. The Morgan fingerprint density at radius 2 is 1.92 bits per heavy atom. The van der Waals surface area contributed by atoms with Crippen LogP contribution in [0, 0.1) is 0 Å². The van der Waals surface area contributed by atoms with E-state index in [-0.39, 0.29) is 23.7 Å². The predicted molar refractivity (Wildman–Crippen MR) is 104 cm³/mol. The average molecular weight is 374 g/mol. The first-order valence-corrected chi connectivity index (χ1v) is 11.7. The first-order chi connectivity index (χ1) is 11.0. The lowest BCUT2D eigenvalue weighted by Crippen LogP contribution is -2.48. The fourth-order valence-corrected chi connectivity index (χ4v) is 3.19. The smallest absolute Gasteiger partial charge is 0.192 e. The van der Waals surface area contributed by atoms with E-state index in [0.717, 1.165) is 0 Å². The van der Waals surface area contributed by atoms with Gasteiger partial charge in [0.15, 0.2) is 8.32 Å². The van der Waals surface area contributed by atoms with Gasteiger partial charge in [-0.15, -0.1) is 0 Å². The Hall–Kier alpha value is -0.593. The fourth-order valence-electron chi connectivity index (χ4n) is 1.91. The normalized spacial score (nSPS) is 15.2. The van der Waals surface area contributed by atoms with Crippen molar-refractivity contribution in [1.29, 1.82) is 0 Å². The third-order valence-corrected chi connectivity index (χ3v) is 9.22. The summed E-state index contributed by atoms with van der Waals surface area (Å²) in [6.45, 7) is 14.2. The Kier molecular flexibility index (Phi) is 8.22. The van der Waals surface area contributed by atoms with Crippen LogP contribution in [0.5, 0.6) is 5.75 Å². The van der Waals surface area contributed by atoms with E-state index in [1.165, 1.54) is 0 Å². The molecule has 1 aromatic carbocycles. The average Bonchev–Trinajstić information content (AvgIpc) is 2.48. The zero-order valence-corrected chi connectivity index (χ0v) is 17.5. The summed E-state index contributed by atoms with van der Waals surface area (Å²) in [5.41, 5.74) is 0. The Balaban J connectivity index is 2.44. The minimum Gasteiger partial charge on any atom is -0.492 e. The maximum atomic E-state index is 9.56. The van der Waals surface area contributed by atoms with Crippen molar-refractivity contribution in [2.75, 3.05) is 19.8 Å². The summed E-state index contributed by atoms with van der Waals surface area (Å²) in [5, 5.41) is 13.8. The van der Waals surface area contributed by atoms with Crippen molar-refractivity contribution >= 4 is 19.9 Å². The minimum atomic E-state index is -1.75. The minimum absolute atomic E-state index is 0.00496. The molecule has 0 spiro atoms. The Morgan fingerprint density at radius 3 is 2.46 bits per heavy atom. The third-order valence-electron chi connectivity index (χ3n) is 4.49. The number of halogens is 1. The number of aliphatic hydroxyl groups excluding tert-OH is 1. The lowest BCUT2D eigenvalue weighted by atomic mass is 10.2. The second kappa shape index (κ2) is 9.20. The molecular weight excluding hydrogens is 342 g/mol. The van der Waals surface area contributed by atoms with Gasteiger partial charge in [-0.1, -0.05) is 38.4 Å². The highest BCUT2D eigenvalue weighted by Gasteiger charge is 2.37. The van der Waals surface area contributed by atoms with Gasteiger partial charge in [-0.05, 0) is 43.3 Å². The number of hydrogen-bond donors (Lipinski definition) is 2. The Morgan fingerprint density at radius 1 is 1.25 bits per heavy atom. The molecule has 24 heavy (non-hydrogen) atoms. The highest BCUT2D eigenvalue weighted by Crippen LogP contribution is 2.36. The van der Waals surface area contributed by atoms with Gasteiger partial charge in [-0.25, -0.2) is 0 Å². The van der Waals surface area contributed by atoms with E-state index in [4.69, 9.17) is 20.8 Å². The molecule has 1 aromatic rings. The van der Waals surface area contributed by atoms with E-state index in [2.05, 4.69) is 46.1 Å². The predicted octanol–water partition coefficient (Wildman–Crippen LogP) is 4.08. The van der Waals surface area contributed by atoms with Crippen molar-refractivity contribution < 1.29 is 14.3 Å². The number of benzene rings is 1. The quantitative estimate of drug-likeness (QED) is 0.640. The fraction of sp³-hybridized carbons (Fsp3) is 0.667. The van der Waals surface area contributed by atoms with Gasteiger partial charge in [-0.2, -0.15) is 0 Å². The molecule has 0 fully saturated rings. The molecule has 0 heterocycles. The van der Waals surface area contributed by atoms with Gasteiger partial charge in [0, 0.05) is 17.7 Å². The molecule has 0 aliphatic rings. The zero-order chi connectivity index (χ0) is 18.4. The summed E-state index contributed by atoms with van der Waals surface area (Å²) >= 11 is 5.94. The lowest BCUT2D eigenvalue weighted by molar-refractivity contribution is 0.159. The van der Waals surface area contributed by atoms with E-state index >= 15 is 0 Å². The topological polar surface area (TPSA) is 50.7 Å². The standard InChI is InChI=1S/C18H32ClNO3Si/c1-14(12-23-24(5,6)18(2,3)4)20-16(11-21)13-22-17-9-7-8-15(19)10-17/h7-10,14,16,20-21H,11-13H2,1-6H3/t14-,16+/m1/s1. The highest BCUT2D eigenvalue weighted by molar-refractivity contribution is 6.74. The first-order valence-electron chi connectivity index (χ1n) is 8.44. The van der Waals surface area contributed by atoms with Crippen LogP contribution in [0.4, 0.5) is 0 Å². The molecule has 0 aliphatic heterocycles. The van der Waals surface area contributed by atoms with Crippen molar-refractivity contribution in [1.82, 2.24) is 5.32 Å². The van der Waals surface area contributed by atoms with Crippen LogP contribution in [0.2, 0.25) is 23.2 Å². The SMILES string of the molecule is C[C@H](CO[Si](C)(C)C(C)(C)C)N[C@@H](CO)COc1cccc(Cl)c1. The molecule has 0 saturated carbocycles. The van der Waals surface area contributed by atoms with Crippen LogP contribution < -0.4 is 10.1 Å². The van der Waals surface area contributed by atoms with Gasteiger partial charge >= 0.3 is 0 Å². The molecule has 2 atom stereocenters. The summed E-state index contributed by atoms with van der Waals surface area (Å²) in [5.74, 6) is 0.702. The van der Waals surface area contributed by atoms with E-state index < -0.39 is 8.32 Å². The molecule has 138 valence electrons. The molecule has 0 amide bonds. The van der Waals surface area contributed by atoms with Crippen LogP contribution in [0.1, 0.15) is 27.7 Å². The van der Waals surface area contributed by atoms with Crippen LogP contribution in [-0.2, 0) is 4.43 Å². The number of nitrogens with one attached hydrogen (secondary N) is 1. The van der Waals surface area contributed by atoms with Gasteiger partial charge in [0.05, 0.1) is 12.6 Å². The Bertz CT molecular complexity index is 505. The van der Waals surface area contributed by atoms with E-state index in [1.54, 1.807) is 12.1 Å². The van der Waals surface area contributed by atoms with Gasteiger partial charge in [-0.3, -0.25) is 0 Å². The van der Waals surface area contributed by atoms with Crippen molar-refractivity contribution in [2.24, 2.45) is 0 Å². The van der Waals surface area contributed by atoms with E-state index in [9.17, 15) is 5.11 Å². The first kappa shape index (κ1) is 21.4. The van der Waals surface area contributed by atoms with Crippen LogP contribution >= 0.6 is 11.6 Å². The van der Waals surface area contributed by atoms with E-state index in [1.807, 2.05) is 12.1 Å². The molecule has 2 N–H and O–H groups in total. The number of ether oxygens (including phenoxy) is 1. The highest BCUT2D eigenvalue weighted by atomic mass is 35.5. The van der Waals surface area contributed by atoms with E-state index in [0.29, 0.717) is 24.0 Å². The van der Waals surface area contributed by atoms with Crippen LogP contribution in [0.3, 0.4) is 0 Å². The number of hydrogen-bond acceptors (Lipinski definition) is 4. The second-order valence-corrected chi connectivity index (χ2v) is 13.0. The molecule has 0 saturated heterocycles. The van der Waals surface area contributed by atoms with Crippen LogP contribution in [-0.4, -0.2) is 45.3 Å². The van der Waals surface area contributed by atoms with Gasteiger partial charge < -0.3 is 19.6 Å². The van der Waals surface area contributed by atoms with Crippen molar-refractivity contribution in [2.45, 2.75) is 57.9 Å². The monoisotopic (exact) mass is 373 g/mol. The van der Waals surface area contributed by atoms with Crippen molar-refractivity contribution in [3.05, 3.63) is 29.3 Å². The molecule has 4 nitrogen and oxygen atoms in total.